The number of nitrogens with one attached hydrogen (secondary N) is 1. The average Bonchev–Trinajstić information content (AvgIpc) is 2.67. The lowest BCUT2D eigenvalue weighted by molar-refractivity contribution is 0.0981. The van der Waals surface area contributed by atoms with Gasteiger partial charge in [-0.05, 0) is 36.8 Å². The molecule has 0 spiro atoms. The van der Waals surface area contributed by atoms with Gasteiger partial charge in [0.2, 0.25) is 0 Å². The number of hydrogen-bond donors (Lipinski definition) is 1. The fraction of sp³-hybridized carbons (Fsp3) is 0.300. The van der Waals surface area contributed by atoms with E-state index in [0.29, 0.717) is 53.7 Å². The predicted molar refractivity (Wildman–Crippen MR) is 97.6 cm³/mol. The number of benzene rings is 2. The SMILES string of the molecule is CCCC(=O)c1cc2c(cc1NC(=O)c1ccc(OC)cc1)OCCO2. The number of hydrogen-bond acceptors (Lipinski definition) is 5. The van der Waals surface area contributed by atoms with Crippen LogP contribution in [-0.2, 0) is 0 Å². The van der Waals surface area contributed by atoms with Gasteiger partial charge < -0.3 is 19.5 Å². The monoisotopic (exact) mass is 355 g/mol. The average molecular weight is 355 g/mol. The summed E-state index contributed by atoms with van der Waals surface area (Å²) < 4.78 is 16.2. The first-order valence-electron chi connectivity index (χ1n) is 8.54. The summed E-state index contributed by atoms with van der Waals surface area (Å²) in [6, 6.07) is 10.1. The van der Waals surface area contributed by atoms with Crippen molar-refractivity contribution in [1.29, 1.82) is 0 Å². The van der Waals surface area contributed by atoms with Gasteiger partial charge in [-0.3, -0.25) is 9.59 Å². The molecule has 26 heavy (non-hydrogen) atoms. The highest BCUT2D eigenvalue weighted by Crippen LogP contribution is 2.36. The van der Waals surface area contributed by atoms with Crippen LogP contribution in [-0.4, -0.2) is 32.0 Å². The van der Waals surface area contributed by atoms with Crippen molar-refractivity contribution in [1.82, 2.24) is 0 Å². The molecule has 2 aromatic rings. The van der Waals surface area contributed by atoms with E-state index in [9.17, 15) is 9.59 Å². The second kappa shape index (κ2) is 7.91. The second-order valence-electron chi connectivity index (χ2n) is 5.90. The predicted octanol–water partition coefficient (Wildman–Crippen LogP) is 3.70. The minimum atomic E-state index is -0.310. The van der Waals surface area contributed by atoms with E-state index in [2.05, 4.69) is 5.32 Å². The summed E-state index contributed by atoms with van der Waals surface area (Å²) in [6.07, 6.45) is 1.12. The molecule has 0 bridgehead atoms. The van der Waals surface area contributed by atoms with E-state index in [4.69, 9.17) is 14.2 Å². The number of anilines is 1. The smallest absolute Gasteiger partial charge is 0.255 e. The highest BCUT2D eigenvalue weighted by Gasteiger charge is 2.21. The third-order valence-electron chi connectivity index (χ3n) is 4.06. The summed E-state index contributed by atoms with van der Waals surface area (Å²) in [5.41, 5.74) is 1.32. The van der Waals surface area contributed by atoms with Crippen LogP contribution in [0.3, 0.4) is 0 Å². The molecule has 0 unspecified atom stereocenters. The number of fused-ring (bicyclic) bond motifs is 1. The van der Waals surface area contributed by atoms with Gasteiger partial charge in [0.15, 0.2) is 17.3 Å². The Morgan fingerprint density at radius 1 is 1.08 bits per heavy atom. The first kappa shape index (κ1) is 17.8. The number of ether oxygens (including phenoxy) is 3. The molecule has 0 fully saturated rings. The number of rotatable bonds is 6. The van der Waals surface area contributed by atoms with Crippen molar-refractivity contribution < 1.29 is 23.8 Å². The topological polar surface area (TPSA) is 73.9 Å². The zero-order valence-corrected chi connectivity index (χ0v) is 14.8. The van der Waals surface area contributed by atoms with Crippen LogP contribution >= 0.6 is 0 Å². The maximum absolute atomic E-state index is 12.6. The quantitative estimate of drug-likeness (QED) is 0.800. The van der Waals surface area contributed by atoms with Crippen LogP contribution < -0.4 is 19.5 Å². The van der Waals surface area contributed by atoms with Crippen LogP contribution in [0.5, 0.6) is 17.2 Å². The first-order valence-corrected chi connectivity index (χ1v) is 8.54. The molecule has 0 aromatic heterocycles. The fourth-order valence-electron chi connectivity index (χ4n) is 2.72. The molecule has 0 saturated carbocycles. The molecule has 136 valence electrons. The van der Waals surface area contributed by atoms with Crippen molar-refractivity contribution in [2.24, 2.45) is 0 Å². The zero-order chi connectivity index (χ0) is 18.5. The van der Waals surface area contributed by atoms with Crippen molar-refractivity contribution >= 4 is 17.4 Å². The van der Waals surface area contributed by atoms with E-state index < -0.39 is 0 Å². The normalized spacial score (nSPS) is 12.4. The zero-order valence-electron chi connectivity index (χ0n) is 14.8. The molecule has 0 radical (unpaired) electrons. The van der Waals surface area contributed by atoms with Crippen molar-refractivity contribution in [3.05, 3.63) is 47.5 Å². The number of amides is 1. The van der Waals surface area contributed by atoms with Crippen LogP contribution in [0.4, 0.5) is 5.69 Å². The van der Waals surface area contributed by atoms with Gasteiger partial charge in [-0.1, -0.05) is 6.92 Å². The van der Waals surface area contributed by atoms with Gasteiger partial charge in [-0.15, -0.1) is 0 Å². The Morgan fingerprint density at radius 2 is 1.73 bits per heavy atom. The molecule has 0 saturated heterocycles. The Bertz CT molecular complexity index is 814. The lowest BCUT2D eigenvalue weighted by Gasteiger charge is -2.21. The Kier molecular flexibility index (Phi) is 5.41. The van der Waals surface area contributed by atoms with Gasteiger partial charge >= 0.3 is 0 Å². The Balaban J connectivity index is 1.91. The van der Waals surface area contributed by atoms with E-state index in [1.54, 1.807) is 43.5 Å². The Morgan fingerprint density at radius 3 is 2.35 bits per heavy atom. The first-order chi connectivity index (χ1) is 12.6. The van der Waals surface area contributed by atoms with Crippen LogP contribution in [0.1, 0.15) is 40.5 Å². The molecule has 6 heteroatoms. The Hall–Kier alpha value is -3.02. The fourth-order valence-corrected chi connectivity index (χ4v) is 2.72. The molecule has 1 heterocycles. The van der Waals surface area contributed by atoms with Gasteiger partial charge in [-0.2, -0.15) is 0 Å². The van der Waals surface area contributed by atoms with Crippen molar-refractivity contribution in [2.75, 3.05) is 25.6 Å². The number of Topliss-reactive ketones (excluding diaryl/α,β-unsaturated/α-hetero) is 1. The van der Waals surface area contributed by atoms with Gasteiger partial charge in [0.25, 0.3) is 5.91 Å². The molecule has 2 aromatic carbocycles. The van der Waals surface area contributed by atoms with Crippen LogP contribution in [0.25, 0.3) is 0 Å². The molecule has 0 atom stereocenters. The highest BCUT2D eigenvalue weighted by molar-refractivity contribution is 6.10. The van der Waals surface area contributed by atoms with Crippen molar-refractivity contribution in [2.45, 2.75) is 19.8 Å². The maximum Gasteiger partial charge on any atom is 0.255 e. The lowest BCUT2D eigenvalue weighted by atomic mass is 10.0. The molecular weight excluding hydrogens is 334 g/mol. The minimum Gasteiger partial charge on any atom is -0.497 e. The molecule has 1 N–H and O–H groups in total. The second-order valence-corrected chi connectivity index (χ2v) is 5.90. The number of carbonyl (C=O) groups excluding carboxylic acids is 2. The van der Waals surface area contributed by atoms with E-state index >= 15 is 0 Å². The molecular formula is C20H21NO5. The van der Waals surface area contributed by atoms with Crippen LogP contribution in [0.2, 0.25) is 0 Å². The molecule has 0 aliphatic carbocycles. The number of methoxy groups -OCH3 is 1. The highest BCUT2D eigenvalue weighted by atomic mass is 16.6. The Labute approximate surface area is 152 Å². The molecule has 6 nitrogen and oxygen atoms in total. The molecule has 1 aliphatic rings. The standard InChI is InChI=1S/C20H21NO5/c1-3-4-17(22)15-11-18-19(26-10-9-25-18)12-16(15)21-20(23)13-5-7-14(24-2)8-6-13/h5-8,11-12H,3-4,9-10H2,1-2H3,(H,21,23). The minimum absolute atomic E-state index is 0.0468. The summed E-state index contributed by atoms with van der Waals surface area (Å²) in [4.78, 5) is 25.1. The van der Waals surface area contributed by atoms with E-state index in [-0.39, 0.29) is 11.7 Å². The summed E-state index contributed by atoms with van der Waals surface area (Å²) in [7, 11) is 1.57. The maximum atomic E-state index is 12.6. The van der Waals surface area contributed by atoms with E-state index in [1.807, 2.05) is 6.92 Å². The number of carbonyl (C=O) groups is 2. The van der Waals surface area contributed by atoms with Gasteiger partial charge in [-0.25, -0.2) is 0 Å². The third-order valence-corrected chi connectivity index (χ3v) is 4.06. The summed E-state index contributed by atoms with van der Waals surface area (Å²) >= 11 is 0. The lowest BCUT2D eigenvalue weighted by Crippen LogP contribution is -2.19. The molecule has 1 amide bonds. The van der Waals surface area contributed by atoms with Gasteiger partial charge in [0, 0.05) is 23.6 Å². The number of ketones is 1. The van der Waals surface area contributed by atoms with E-state index in [0.717, 1.165) is 6.42 Å². The van der Waals surface area contributed by atoms with Gasteiger partial charge in [0.1, 0.15) is 19.0 Å². The van der Waals surface area contributed by atoms with E-state index in [1.165, 1.54) is 0 Å². The summed E-state index contributed by atoms with van der Waals surface area (Å²) in [6.45, 7) is 2.80. The molecule has 1 aliphatic heterocycles. The largest absolute Gasteiger partial charge is 0.497 e. The molecule has 3 rings (SSSR count). The van der Waals surface area contributed by atoms with Crippen molar-refractivity contribution in [3.8, 4) is 17.2 Å². The van der Waals surface area contributed by atoms with Gasteiger partial charge in [0.05, 0.1) is 12.8 Å². The summed E-state index contributed by atoms with van der Waals surface area (Å²) in [5, 5.41) is 2.82. The third kappa shape index (κ3) is 3.79. The summed E-state index contributed by atoms with van der Waals surface area (Å²) in [5.74, 6) is 1.36. The van der Waals surface area contributed by atoms with Crippen LogP contribution in [0.15, 0.2) is 36.4 Å². The van der Waals surface area contributed by atoms with Crippen LogP contribution in [0, 0.1) is 0 Å². The van der Waals surface area contributed by atoms with Crippen molar-refractivity contribution in [3.63, 3.8) is 0 Å².